The van der Waals surface area contributed by atoms with Crippen molar-refractivity contribution in [2.24, 2.45) is 5.41 Å². The zero-order valence-electron chi connectivity index (χ0n) is 15.3. The van der Waals surface area contributed by atoms with Crippen molar-refractivity contribution in [2.45, 2.75) is 64.9 Å². The van der Waals surface area contributed by atoms with Crippen LogP contribution >= 0.6 is 0 Å². The van der Waals surface area contributed by atoms with Gasteiger partial charge in [0.05, 0.1) is 0 Å². The number of carbonyl (C=O) groups excluding carboxylic acids is 1. The number of nitrogens with zero attached hydrogens (tertiary/aromatic N) is 2. The molecule has 2 rings (SSSR count). The summed E-state index contributed by atoms with van der Waals surface area (Å²) in [4.78, 5) is 16.7. The Morgan fingerprint density at radius 1 is 1.13 bits per heavy atom. The van der Waals surface area contributed by atoms with Crippen LogP contribution in [0.3, 0.4) is 0 Å². The second-order valence-electron chi connectivity index (χ2n) is 8.24. The van der Waals surface area contributed by atoms with E-state index in [-0.39, 0.29) is 6.09 Å². The standard InChI is InChI=1S/C19H34N2O2/c1-5-6-7-12-20-13-8-19(9-14-20)10-15-21(16-11-19)17(22)23-18(2,3)4/h5H,1,6-16H2,2-4H3. The summed E-state index contributed by atoms with van der Waals surface area (Å²) in [6, 6.07) is 0. The fourth-order valence-corrected chi connectivity index (χ4v) is 3.70. The third-order valence-corrected chi connectivity index (χ3v) is 5.28. The molecule has 0 unspecified atom stereocenters. The number of allylic oxidation sites excluding steroid dienone is 1. The quantitative estimate of drug-likeness (QED) is 0.578. The summed E-state index contributed by atoms with van der Waals surface area (Å²) in [5.74, 6) is 0. The third-order valence-electron chi connectivity index (χ3n) is 5.28. The maximum Gasteiger partial charge on any atom is 0.410 e. The highest BCUT2D eigenvalue weighted by molar-refractivity contribution is 5.68. The number of amides is 1. The molecule has 0 saturated carbocycles. The largest absolute Gasteiger partial charge is 0.444 e. The fraction of sp³-hybridized carbons (Fsp3) is 0.842. The van der Waals surface area contributed by atoms with E-state index in [1.807, 2.05) is 31.7 Å². The minimum atomic E-state index is -0.400. The Morgan fingerprint density at radius 2 is 1.70 bits per heavy atom. The first-order valence-electron chi connectivity index (χ1n) is 9.15. The molecule has 2 fully saturated rings. The minimum Gasteiger partial charge on any atom is -0.444 e. The predicted octanol–water partition coefficient (Wildman–Crippen LogP) is 4.07. The first kappa shape index (κ1) is 18.3. The number of carbonyl (C=O) groups is 1. The van der Waals surface area contributed by atoms with Gasteiger partial charge in [-0.2, -0.15) is 0 Å². The third kappa shape index (κ3) is 5.52. The van der Waals surface area contributed by atoms with Gasteiger partial charge in [0.1, 0.15) is 5.60 Å². The lowest BCUT2D eigenvalue weighted by atomic mass is 9.71. The van der Waals surface area contributed by atoms with E-state index in [1.165, 1.54) is 38.9 Å². The van der Waals surface area contributed by atoms with Gasteiger partial charge in [0.25, 0.3) is 0 Å². The van der Waals surface area contributed by atoms with Crippen molar-refractivity contribution in [1.82, 2.24) is 9.80 Å². The van der Waals surface area contributed by atoms with Crippen molar-refractivity contribution in [3.05, 3.63) is 12.7 Å². The summed E-state index contributed by atoms with van der Waals surface area (Å²) in [6.07, 6.45) is 9.04. The lowest BCUT2D eigenvalue weighted by Gasteiger charge is -2.46. The van der Waals surface area contributed by atoms with E-state index >= 15 is 0 Å². The Hall–Kier alpha value is -1.03. The van der Waals surface area contributed by atoms with E-state index in [9.17, 15) is 4.79 Å². The molecule has 23 heavy (non-hydrogen) atoms. The molecule has 0 aliphatic carbocycles. The second kappa shape index (κ2) is 7.69. The molecule has 2 heterocycles. The van der Waals surface area contributed by atoms with Gasteiger partial charge in [0, 0.05) is 13.1 Å². The molecular weight excluding hydrogens is 288 g/mol. The fourth-order valence-electron chi connectivity index (χ4n) is 3.70. The number of hydrogen-bond donors (Lipinski definition) is 0. The van der Waals surface area contributed by atoms with E-state index < -0.39 is 5.60 Å². The van der Waals surface area contributed by atoms with Gasteiger partial charge in [-0.1, -0.05) is 6.08 Å². The molecule has 4 nitrogen and oxygen atoms in total. The van der Waals surface area contributed by atoms with Gasteiger partial charge in [-0.05, 0) is 84.3 Å². The topological polar surface area (TPSA) is 32.8 Å². The second-order valence-corrected chi connectivity index (χ2v) is 8.24. The normalized spacial score (nSPS) is 22.1. The van der Waals surface area contributed by atoms with Gasteiger partial charge in [0.15, 0.2) is 0 Å². The molecule has 1 amide bonds. The smallest absolute Gasteiger partial charge is 0.410 e. The van der Waals surface area contributed by atoms with Gasteiger partial charge < -0.3 is 14.5 Å². The molecule has 132 valence electrons. The molecule has 1 spiro atoms. The van der Waals surface area contributed by atoms with Crippen molar-refractivity contribution < 1.29 is 9.53 Å². The molecule has 0 bridgehead atoms. The van der Waals surface area contributed by atoms with E-state index in [1.54, 1.807) is 0 Å². The van der Waals surface area contributed by atoms with Crippen molar-refractivity contribution in [1.29, 1.82) is 0 Å². The zero-order valence-corrected chi connectivity index (χ0v) is 15.3. The van der Waals surface area contributed by atoms with Crippen LogP contribution in [0.2, 0.25) is 0 Å². The Morgan fingerprint density at radius 3 is 2.22 bits per heavy atom. The van der Waals surface area contributed by atoms with Crippen LogP contribution < -0.4 is 0 Å². The Bertz CT molecular complexity index is 396. The Labute approximate surface area is 141 Å². The number of likely N-dealkylation sites (tertiary alicyclic amines) is 2. The number of ether oxygens (including phenoxy) is 1. The van der Waals surface area contributed by atoms with E-state index in [2.05, 4.69) is 11.5 Å². The summed E-state index contributed by atoms with van der Waals surface area (Å²) in [5, 5.41) is 0. The van der Waals surface area contributed by atoms with Crippen LogP contribution in [0.5, 0.6) is 0 Å². The first-order valence-corrected chi connectivity index (χ1v) is 9.15. The number of piperidine rings is 2. The molecule has 0 atom stereocenters. The van der Waals surface area contributed by atoms with Crippen LogP contribution in [0.1, 0.15) is 59.3 Å². The molecule has 2 aliphatic rings. The van der Waals surface area contributed by atoms with Crippen molar-refractivity contribution in [2.75, 3.05) is 32.7 Å². The first-order chi connectivity index (χ1) is 10.8. The molecule has 2 aliphatic heterocycles. The summed E-state index contributed by atoms with van der Waals surface area (Å²) in [7, 11) is 0. The maximum atomic E-state index is 12.2. The number of rotatable bonds is 4. The maximum absolute atomic E-state index is 12.2. The van der Waals surface area contributed by atoms with Crippen LogP contribution in [-0.4, -0.2) is 54.2 Å². The molecular formula is C19H34N2O2. The lowest BCUT2D eigenvalue weighted by Crippen LogP contribution is -2.49. The molecule has 0 aromatic carbocycles. The van der Waals surface area contributed by atoms with E-state index in [4.69, 9.17) is 4.74 Å². The summed E-state index contributed by atoms with van der Waals surface area (Å²) in [6.45, 7) is 14.9. The molecule has 4 heteroatoms. The highest BCUT2D eigenvalue weighted by Gasteiger charge is 2.39. The number of unbranched alkanes of at least 4 members (excludes halogenated alkanes) is 1. The highest BCUT2D eigenvalue weighted by Crippen LogP contribution is 2.41. The summed E-state index contributed by atoms with van der Waals surface area (Å²) < 4.78 is 5.50. The zero-order chi connectivity index (χ0) is 16.9. The highest BCUT2D eigenvalue weighted by atomic mass is 16.6. The van der Waals surface area contributed by atoms with Crippen molar-refractivity contribution >= 4 is 6.09 Å². The van der Waals surface area contributed by atoms with Crippen LogP contribution in [0, 0.1) is 5.41 Å². The average Bonchev–Trinajstić information content (AvgIpc) is 2.49. The van der Waals surface area contributed by atoms with Crippen LogP contribution in [-0.2, 0) is 4.74 Å². The Kier molecular flexibility index (Phi) is 6.12. The lowest BCUT2D eigenvalue weighted by molar-refractivity contribution is -0.00242. The van der Waals surface area contributed by atoms with Gasteiger partial charge in [0.2, 0.25) is 0 Å². The molecule has 0 radical (unpaired) electrons. The van der Waals surface area contributed by atoms with Crippen LogP contribution in [0.4, 0.5) is 4.79 Å². The summed E-state index contributed by atoms with van der Waals surface area (Å²) in [5.41, 5.74) is 0.0659. The monoisotopic (exact) mass is 322 g/mol. The molecule has 2 saturated heterocycles. The van der Waals surface area contributed by atoms with Crippen LogP contribution in [0.25, 0.3) is 0 Å². The molecule has 0 N–H and O–H groups in total. The van der Waals surface area contributed by atoms with Gasteiger partial charge in [-0.25, -0.2) is 4.79 Å². The SMILES string of the molecule is C=CCCCN1CCC2(CC1)CCN(C(=O)OC(C)(C)C)CC2. The van der Waals surface area contributed by atoms with Gasteiger partial charge in [-0.3, -0.25) is 0 Å². The molecule has 0 aromatic rings. The van der Waals surface area contributed by atoms with Crippen LogP contribution in [0.15, 0.2) is 12.7 Å². The van der Waals surface area contributed by atoms with Crippen molar-refractivity contribution in [3.8, 4) is 0 Å². The minimum absolute atomic E-state index is 0.144. The van der Waals surface area contributed by atoms with Crippen molar-refractivity contribution in [3.63, 3.8) is 0 Å². The number of hydrogen-bond acceptors (Lipinski definition) is 3. The van der Waals surface area contributed by atoms with Gasteiger partial charge >= 0.3 is 6.09 Å². The summed E-state index contributed by atoms with van der Waals surface area (Å²) >= 11 is 0. The van der Waals surface area contributed by atoms with Gasteiger partial charge in [-0.15, -0.1) is 6.58 Å². The molecule has 0 aromatic heterocycles. The average molecular weight is 322 g/mol. The Balaban J connectivity index is 1.74. The van der Waals surface area contributed by atoms with E-state index in [0.717, 1.165) is 32.4 Å². The predicted molar refractivity (Wildman–Crippen MR) is 94.6 cm³/mol. The van der Waals surface area contributed by atoms with E-state index in [0.29, 0.717) is 5.41 Å².